The van der Waals surface area contributed by atoms with Crippen molar-refractivity contribution in [2.75, 3.05) is 5.32 Å². The van der Waals surface area contributed by atoms with Crippen LogP contribution in [0.15, 0.2) is 65.5 Å². The number of aromatic nitrogens is 5. The number of fused-ring (bicyclic) bond motifs is 1. The van der Waals surface area contributed by atoms with Gasteiger partial charge in [0.05, 0.1) is 30.4 Å². The summed E-state index contributed by atoms with van der Waals surface area (Å²) in [5.74, 6) is -1.26. The molecule has 5 aromatic rings. The predicted octanol–water partition coefficient (Wildman–Crippen LogP) is 4.46. The minimum atomic E-state index is -2.93. The maximum Gasteiger partial charge on any atom is 0.280 e. The van der Waals surface area contributed by atoms with Crippen molar-refractivity contribution < 1.29 is 27.2 Å². The Morgan fingerprint density at radius 3 is 2.61 bits per heavy atom. The average Bonchev–Trinajstić information content (AvgIpc) is 3.66. The molecule has 0 radical (unpaired) electrons. The summed E-state index contributed by atoms with van der Waals surface area (Å²) in [5, 5.41) is 13.4. The lowest BCUT2D eigenvalue weighted by atomic mass is 10.1. The van der Waals surface area contributed by atoms with Crippen LogP contribution in [0.5, 0.6) is 0 Å². The van der Waals surface area contributed by atoms with E-state index in [2.05, 4.69) is 25.8 Å². The second-order valence-electron chi connectivity index (χ2n) is 8.13. The number of hydrogen-bond acceptors (Lipinski definition) is 6. The zero-order valence-corrected chi connectivity index (χ0v) is 19.9. The van der Waals surface area contributed by atoms with Crippen LogP contribution >= 0.6 is 0 Å². The largest absolute Gasteiger partial charge is 0.467 e. The molecule has 194 valence electrons. The molecule has 0 atom stereocenters. The van der Waals surface area contributed by atoms with Crippen LogP contribution < -0.4 is 10.6 Å². The summed E-state index contributed by atoms with van der Waals surface area (Å²) < 4.78 is 48.6. The van der Waals surface area contributed by atoms with Crippen LogP contribution in [0.2, 0.25) is 0 Å². The van der Waals surface area contributed by atoms with Crippen molar-refractivity contribution in [3.63, 3.8) is 0 Å². The van der Waals surface area contributed by atoms with E-state index in [0.29, 0.717) is 17.9 Å². The Bertz CT molecular complexity index is 1610. The number of hydrogen-bond donors (Lipinski definition) is 2. The number of nitrogens with zero attached hydrogens (tertiary/aromatic N) is 5. The van der Waals surface area contributed by atoms with Gasteiger partial charge in [0.2, 0.25) is 0 Å². The average molecular weight is 523 g/mol. The Hall–Kier alpha value is -4.94. The molecule has 4 aromatic heterocycles. The number of nitrogens with one attached hydrogen (secondary N) is 2. The zero-order chi connectivity index (χ0) is 26.8. The highest BCUT2D eigenvalue weighted by atomic mass is 19.3. The number of carbonyl (C=O) groups is 2. The van der Waals surface area contributed by atoms with Gasteiger partial charge in [0.1, 0.15) is 22.8 Å². The minimum absolute atomic E-state index is 0.0449. The van der Waals surface area contributed by atoms with E-state index in [0.717, 1.165) is 16.8 Å². The summed E-state index contributed by atoms with van der Waals surface area (Å²) in [6, 6.07) is 9.66. The third kappa shape index (κ3) is 4.85. The van der Waals surface area contributed by atoms with E-state index in [4.69, 9.17) is 4.42 Å². The molecular formula is C25H20F3N7O3. The summed E-state index contributed by atoms with van der Waals surface area (Å²) in [7, 11) is 0. The third-order valence-corrected chi connectivity index (χ3v) is 5.66. The first-order valence-electron chi connectivity index (χ1n) is 11.5. The van der Waals surface area contributed by atoms with Crippen LogP contribution in [0.4, 0.5) is 18.9 Å². The van der Waals surface area contributed by atoms with Crippen LogP contribution in [-0.4, -0.2) is 36.2 Å². The molecule has 0 saturated carbocycles. The predicted molar refractivity (Wildman–Crippen MR) is 129 cm³/mol. The molecule has 0 fully saturated rings. The molecule has 0 aliphatic heterocycles. The topological polar surface area (TPSA) is 119 Å². The van der Waals surface area contributed by atoms with Crippen molar-refractivity contribution in [2.24, 2.45) is 0 Å². The maximum atomic E-state index is 13.9. The van der Waals surface area contributed by atoms with E-state index < -0.39 is 29.8 Å². The SMILES string of the molecule is CCn1cc(NC(=O)c2cnn3c(C(F)F)cc(-c4ccc(F)cc4)nc23)c(C(=O)NCc2ccco2)n1. The van der Waals surface area contributed by atoms with Gasteiger partial charge in [0.15, 0.2) is 11.3 Å². The van der Waals surface area contributed by atoms with Crippen molar-refractivity contribution in [1.29, 1.82) is 0 Å². The molecule has 5 rings (SSSR count). The molecular weight excluding hydrogens is 503 g/mol. The molecule has 0 unspecified atom stereocenters. The van der Waals surface area contributed by atoms with Gasteiger partial charge in [-0.2, -0.15) is 10.2 Å². The molecule has 0 bridgehead atoms. The van der Waals surface area contributed by atoms with Crippen LogP contribution in [0.3, 0.4) is 0 Å². The molecule has 0 spiro atoms. The van der Waals surface area contributed by atoms with Crippen LogP contribution in [0, 0.1) is 5.82 Å². The zero-order valence-electron chi connectivity index (χ0n) is 19.9. The Balaban J connectivity index is 1.47. The summed E-state index contributed by atoms with van der Waals surface area (Å²) in [6.07, 6.45) is 1.14. The van der Waals surface area contributed by atoms with E-state index >= 15 is 0 Å². The first kappa shape index (κ1) is 24.7. The van der Waals surface area contributed by atoms with Gasteiger partial charge in [-0.25, -0.2) is 22.7 Å². The smallest absolute Gasteiger partial charge is 0.280 e. The fraction of sp³-hybridized carbons (Fsp3) is 0.160. The molecule has 1 aromatic carbocycles. The van der Waals surface area contributed by atoms with Gasteiger partial charge in [0.25, 0.3) is 18.2 Å². The quantitative estimate of drug-likeness (QED) is 0.310. The van der Waals surface area contributed by atoms with Crippen LogP contribution in [0.1, 0.15) is 45.6 Å². The highest BCUT2D eigenvalue weighted by Crippen LogP contribution is 2.27. The van der Waals surface area contributed by atoms with Gasteiger partial charge in [-0.1, -0.05) is 0 Å². The second kappa shape index (κ2) is 10.2. The number of aryl methyl sites for hydroxylation is 1. The summed E-state index contributed by atoms with van der Waals surface area (Å²) in [4.78, 5) is 30.4. The van der Waals surface area contributed by atoms with Gasteiger partial charge in [-0.15, -0.1) is 0 Å². The van der Waals surface area contributed by atoms with E-state index in [1.165, 1.54) is 41.4 Å². The molecule has 0 aliphatic rings. The lowest BCUT2D eigenvalue weighted by Gasteiger charge is -2.09. The van der Waals surface area contributed by atoms with Crippen molar-refractivity contribution >= 4 is 23.1 Å². The monoisotopic (exact) mass is 523 g/mol. The first-order valence-corrected chi connectivity index (χ1v) is 11.5. The second-order valence-corrected chi connectivity index (χ2v) is 8.13. The standard InChI is InChI=1S/C25H20F3N7O3/c1-2-34-13-19(21(33-34)25(37)29-11-16-4-3-9-38-16)32-24(36)17-12-30-35-20(22(27)28)10-18(31-23(17)35)14-5-7-15(26)8-6-14/h3-10,12-13,22H,2,11H2,1H3,(H,29,37)(H,32,36). The van der Waals surface area contributed by atoms with Gasteiger partial charge in [0, 0.05) is 18.3 Å². The lowest BCUT2D eigenvalue weighted by Crippen LogP contribution is -2.25. The van der Waals surface area contributed by atoms with E-state index in [1.807, 2.05) is 0 Å². The number of anilines is 1. The molecule has 38 heavy (non-hydrogen) atoms. The Kier molecular flexibility index (Phi) is 6.64. The third-order valence-electron chi connectivity index (χ3n) is 5.66. The summed E-state index contributed by atoms with van der Waals surface area (Å²) in [5.41, 5.74) is -0.186. The fourth-order valence-electron chi connectivity index (χ4n) is 3.77. The number of amides is 2. The number of carbonyl (C=O) groups excluding carboxylic acids is 2. The number of rotatable bonds is 8. The Morgan fingerprint density at radius 1 is 1.13 bits per heavy atom. The van der Waals surface area contributed by atoms with Gasteiger partial charge < -0.3 is 15.1 Å². The van der Waals surface area contributed by atoms with E-state index in [-0.39, 0.29) is 34.8 Å². The number of alkyl halides is 2. The molecule has 10 nitrogen and oxygen atoms in total. The van der Waals surface area contributed by atoms with Gasteiger partial charge in [-0.3, -0.25) is 14.3 Å². The molecule has 0 aliphatic carbocycles. The molecule has 0 saturated heterocycles. The highest BCUT2D eigenvalue weighted by molar-refractivity contribution is 6.11. The Morgan fingerprint density at radius 2 is 1.92 bits per heavy atom. The van der Waals surface area contributed by atoms with Crippen LogP contribution in [-0.2, 0) is 13.1 Å². The molecule has 4 heterocycles. The lowest BCUT2D eigenvalue weighted by molar-refractivity contribution is 0.0943. The molecule has 13 heteroatoms. The normalized spacial score (nSPS) is 11.3. The van der Waals surface area contributed by atoms with Crippen molar-refractivity contribution in [1.82, 2.24) is 29.7 Å². The van der Waals surface area contributed by atoms with E-state index in [1.54, 1.807) is 19.1 Å². The molecule has 2 N–H and O–H groups in total. The van der Waals surface area contributed by atoms with Crippen molar-refractivity contribution in [3.05, 3.63) is 89.7 Å². The van der Waals surface area contributed by atoms with Crippen molar-refractivity contribution in [2.45, 2.75) is 26.4 Å². The van der Waals surface area contributed by atoms with Crippen LogP contribution in [0.25, 0.3) is 16.9 Å². The van der Waals surface area contributed by atoms with Gasteiger partial charge in [-0.05, 0) is 49.4 Å². The number of furan rings is 1. The summed E-state index contributed by atoms with van der Waals surface area (Å²) >= 11 is 0. The van der Waals surface area contributed by atoms with Crippen molar-refractivity contribution in [3.8, 4) is 11.3 Å². The minimum Gasteiger partial charge on any atom is -0.467 e. The first-order chi connectivity index (χ1) is 18.3. The Labute approximate surface area is 213 Å². The number of benzene rings is 1. The number of halogens is 3. The highest BCUT2D eigenvalue weighted by Gasteiger charge is 2.24. The van der Waals surface area contributed by atoms with E-state index in [9.17, 15) is 22.8 Å². The molecule has 2 amide bonds. The van der Waals surface area contributed by atoms with Gasteiger partial charge >= 0.3 is 0 Å². The summed E-state index contributed by atoms with van der Waals surface area (Å²) in [6.45, 7) is 2.34. The maximum absolute atomic E-state index is 13.9. The fourth-order valence-corrected chi connectivity index (χ4v) is 3.77.